The topological polar surface area (TPSA) is 79.1 Å². The van der Waals surface area contributed by atoms with E-state index in [4.69, 9.17) is 4.74 Å². The molecule has 1 aliphatic heterocycles. The van der Waals surface area contributed by atoms with E-state index in [1.54, 1.807) is 4.90 Å². The lowest BCUT2D eigenvalue weighted by Crippen LogP contribution is -2.50. The Bertz CT molecular complexity index is 1180. The van der Waals surface area contributed by atoms with Gasteiger partial charge in [0.15, 0.2) is 0 Å². The summed E-state index contributed by atoms with van der Waals surface area (Å²) >= 11 is 0. The van der Waals surface area contributed by atoms with Crippen LogP contribution >= 0.6 is 0 Å². The van der Waals surface area contributed by atoms with E-state index in [2.05, 4.69) is 16.3 Å². The minimum absolute atomic E-state index is 0.150. The second-order valence-electron chi connectivity index (χ2n) is 9.70. The summed E-state index contributed by atoms with van der Waals surface area (Å²) < 4.78 is 6.17. The Morgan fingerprint density at radius 3 is 2.38 bits per heavy atom. The van der Waals surface area contributed by atoms with Crippen LogP contribution < -0.4 is 0 Å². The van der Waals surface area contributed by atoms with Gasteiger partial charge in [0.05, 0.1) is 28.9 Å². The molecule has 2 aromatic carbocycles. The molecule has 0 saturated carbocycles. The summed E-state index contributed by atoms with van der Waals surface area (Å²) in [6, 6.07) is 23.9. The van der Waals surface area contributed by atoms with E-state index in [1.165, 1.54) is 0 Å². The van der Waals surface area contributed by atoms with Gasteiger partial charge in [-0.3, -0.25) is 0 Å². The van der Waals surface area contributed by atoms with E-state index < -0.39 is 11.0 Å². The van der Waals surface area contributed by atoms with Crippen LogP contribution in [0.5, 0.6) is 0 Å². The van der Waals surface area contributed by atoms with E-state index in [-0.39, 0.29) is 12.1 Å². The second-order valence-corrected chi connectivity index (χ2v) is 9.70. The lowest BCUT2D eigenvalue weighted by Gasteiger charge is -2.45. The van der Waals surface area contributed by atoms with Gasteiger partial charge in [0, 0.05) is 24.9 Å². The number of carbonyl (C=O) groups excluding carboxylic acids is 1. The summed E-state index contributed by atoms with van der Waals surface area (Å²) in [5.74, 6) is 0. The van der Waals surface area contributed by atoms with Gasteiger partial charge in [-0.15, -0.1) is 0 Å². The largest absolute Gasteiger partial charge is 0.438 e. The van der Waals surface area contributed by atoms with Crippen LogP contribution in [-0.2, 0) is 10.3 Å². The van der Waals surface area contributed by atoms with Crippen molar-refractivity contribution in [2.24, 2.45) is 5.41 Å². The van der Waals surface area contributed by atoms with Gasteiger partial charge in [-0.25, -0.2) is 4.79 Å². The van der Waals surface area contributed by atoms with Crippen molar-refractivity contribution in [1.29, 1.82) is 5.26 Å². The molecule has 34 heavy (non-hydrogen) atoms. The predicted molar refractivity (Wildman–Crippen MR) is 131 cm³/mol. The summed E-state index contributed by atoms with van der Waals surface area (Å²) in [7, 11) is 0. The summed E-state index contributed by atoms with van der Waals surface area (Å²) in [5.41, 5.74) is 3.18. The molecule has 3 aromatic rings. The Labute approximate surface area is 201 Å². The lowest BCUT2D eigenvalue weighted by molar-refractivity contribution is -0.0770. The number of nitrogens with zero attached hydrogens (tertiary/aromatic N) is 4. The number of aromatic nitrogens is 2. The second kappa shape index (κ2) is 9.26. The van der Waals surface area contributed by atoms with Gasteiger partial charge in [-0.05, 0) is 51.0 Å². The fourth-order valence-corrected chi connectivity index (χ4v) is 4.61. The molecule has 0 unspecified atom stereocenters. The lowest BCUT2D eigenvalue weighted by atomic mass is 9.75. The molecular formula is C28H30N4O2. The Hall–Kier alpha value is -3.72. The molecule has 4 rings (SSSR count). The van der Waals surface area contributed by atoms with Crippen LogP contribution in [0.1, 0.15) is 56.5 Å². The number of ether oxygens (including phenoxy) is 1. The third-order valence-corrected chi connectivity index (χ3v) is 6.56. The first-order valence-corrected chi connectivity index (χ1v) is 11.6. The highest BCUT2D eigenvalue weighted by Crippen LogP contribution is 2.44. The number of hydrogen-bond acceptors (Lipinski definition) is 5. The molecule has 6 heteroatoms. The van der Waals surface area contributed by atoms with E-state index >= 15 is 0 Å². The fourth-order valence-electron chi connectivity index (χ4n) is 4.61. The molecule has 6 nitrogen and oxygen atoms in total. The van der Waals surface area contributed by atoms with Crippen molar-refractivity contribution in [3.05, 3.63) is 83.6 Å². The van der Waals surface area contributed by atoms with Crippen molar-refractivity contribution in [1.82, 2.24) is 15.1 Å². The predicted octanol–water partition coefficient (Wildman–Crippen LogP) is 6.19. The molecule has 0 aliphatic carbocycles. The van der Waals surface area contributed by atoms with Crippen LogP contribution in [0.25, 0.3) is 11.3 Å². The number of benzene rings is 2. The highest BCUT2D eigenvalue weighted by atomic mass is 16.6. The van der Waals surface area contributed by atoms with Crippen LogP contribution in [0.3, 0.4) is 0 Å². The molecule has 1 aromatic heterocycles. The Morgan fingerprint density at radius 2 is 1.79 bits per heavy atom. The minimum Gasteiger partial charge on any atom is -0.438 e. The highest BCUT2D eigenvalue weighted by Gasteiger charge is 2.46. The highest BCUT2D eigenvalue weighted by molar-refractivity contribution is 5.70. The molecule has 2 atom stereocenters. The van der Waals surface area contributed by atoms with Crippen molar-refractivity contribution < 1.29 is 9.53 Å². The summed E-state index contributed by atoms with van der Waals surface area (Å²) in [4.78, 5) is 15.1. The number of aryl methyl sites for hydroxylation is 1. The van der Waals surface area contributed by atoms with Gasteiger partial charge in [0.1, 0.15) is 5.60 Å². The monoisotopic (exact) mass is 454 g/mol. The van der Waals surface area contributed by atoms with Crippen LogP contribution in [0.2, 0.25) is 0 Å². The number of cyclic esters (lactones) is 1. The van der Waals surface area contributed by atoms with Gasteiger partial charge in [-0.1, -0.05) is 54.6 Å². The zero-order valence-corrected chi connectivity index (χ0v) is 20.2. The van der Waals surface area contributed by atoms with Crippen LogP contribution in [-0.4, -0.2) is 27.7 Å². The van der Waals surface area contributed by atoms with Gasteiger partial charge in [-0.2, -0.15) is 15.5 Å². The van der Waals surface area contributed by atoms with Gasteiger partial charge < -0.3 is 9.64 Å². The van der Waals surface area contributed by atoms with Crippen LogP contribution in [0.15, 0.2) is 66.7 Å². The van der Waals surface area contributed by atoms with E-state index in [0.717, 1.165) is 28.1 Å². The van der Waals surface area contributed by atoms with Crippen molar-refractivity contribution in [3.8, 4) is 17.3 Å². The van der Waals surface area contributed by atoms with Crippen molar-refractivity contribution in [3.63, 3.8) is 0 Å². The third kappa shape index (κ3) is 4.79. The number of hydrogen-bond donors (Lipinski definition) is 0. The van der Waals surface area contributed by atoms with Gasteiger partial charge in [0.25, 0.3) is 0 Å². The Kier molecular flexibility index (Phi) is 6.39. The van der Waals surface area contributed by atoms with Crippen molar-refractivity contribution >= 4 is 6.09 Å². The molecule has 1 saturated heterocycles. The Morgan fingerprint density at radius 1 is 1.09 bits per heavy atom. The van der Waals surface area contributed by atoms with Crippen molar-refractivity contribution in [2.75, 3.05) is 6.54 Å². The first-order valence-electron chi connectivity index (χ1n) is 11.6. The van der Waals surface area contributed by atoms with E-state index in [9.17, 15) is 10.1 Å². The zero-order chi connectivity index (χ0) is 24.3. The number of amides is 1. The molecule has 0 N–H and O–H groups in total. The molecule has 1 aliphatic rings. The summed E-state index contributed by atoms with van der Waals surface area (Å²) in [6.45, 7) is 8.24. The first-order chi connectivity index (χ1) is 16.2. The molecule has 0 spiro atoms. The van der Waals surface area contributed by atoms with E-state index in [1.807, 2.05) is 94.4 Å². The average Bonchev–Trinajstić information content (AvgIpc) is 2.85. The average molecular weight is 455 g/mol. The number of carbonyl (C=O) groups is 1. The SMILES string of the molecule is Cc1ccc(-c2ccc([C@H](C)N3CC[C@@](CC(C)(C)C#N)(c4ccccc4)OC3=O)cc2)nn1. The normalized spacial score (nSPS) is 19.3. The smallest absolute Gasteiger partial charge is 0.411 e. The molecule has 2 heterocycles. The maximum absolute atomic E-state index is 13.3. The minimum atomic E-state index is -0.818. The number of nitriles is 1. The van der Waals surface area contributed by atoms with Gasteiger partial charge in [0.2, 0.25) is 0 Å². The maximum atomic E-state index is 13.3. The molecule has 0 bridgehead atoms. The molecule has 0 radical (unpaired) electrons. The molecular weight excluding hydrogens is 424 g/mol. The van der Waals surface area contributed by atoms with Crippen LogP contribution in [0.4, 0.5) is 4.79 Å². The van der Waals surface area contributed by atoms with E-state index in [0.29, 0.717) is 19.4 Å². The molecule has 1 fully saturated rings. The standard InChI is InChI=1S/C28H30N4O2/c1-20-10-15-25(31-30-20)23-13-11-22(12-14-23)21(2)32-17-16-28(34-26(32)33,18-27(3,4)19-29)24-8-6-5-7-9-24/h5-15,21H,16-18H2,1-4H3/t21-,28+/m0/s1. The molecule has 1 amide bonds. The van der Waals surface area contributed by atoms with Gasteiger partial charge >= 0.3 is 6.09 Å². The quantitative estimate of drug-likeness (QED) is 0.444. The number of rotatable bonds is 6. The zero-order valence-electron chi connectivity index (χ0n) is 20.2. The third-order valence-electron chi connectivity index (χ3n) is 6.56. The summed E-state index contributed by atoms with van der Waals surface area (Å²) in [6.07, 6.45) is 0.709. The Balaban J connectivity index is 1.54. The van der Waals surface area contributed by atoms with Crippen molar-refractivity contribution in [2.45, 2.75) is 52.2 Å². The maximum Gasteiger partial charge on any atom is 0.411 e. The summed E-state index contributed by atoms with van der Waals surface area (Å²) in [5, 5.41) is 18.0. The molecule has 174 valence electrons. The van der Waals surface area contributed by atoms with Crippen LogP contribution in [0, 0.1) is 23.7 Å². The first kappa shape index (κ1) is 23.4. The fraction of sp³-hybridized carbons (Fsp3) is 0.357.